The Labute approximate surface area is 87.1 Å². The Kier molecular flexibility index (Phi) is 4.32. The smallest absolute Gasteiger partial charge is 0.334 e. The number of carbonyl (C=O) groups is 2. The quantitative estimate of drug-likeness (QED) is 0.440. The van der Waals surface area contributed by atoms with E-state index in [1.54, 1.807) is 4.90 Å². The van der Waals surface area contributed by atoms with Crippen LogP contribution in [0, 0.1) is 0 Å². The van der Waals surface area contributed by atoms with Crippen LogP contribution in [0.25, 0.3) is 0 Å². The van der Waals surface area contributed by atoms with Crippen LogP contribution >= 0.6 is 0 Å². The van der Waals surface area contributed by atoms with Crippen LogP contribution in [0.3, 0.4) is 0 Å². The van der Waals surface area contributed by atoms with Crippen molar-refractivity contribution in [3.05, 3.63) is 0 Å². The minimum absolute atomic E-state index is 0.266. The summed E-state index contributed by atoms with van der Waals surface area (Å²) < 4.78 is 0. The third kappa shape index (κ3) is 3.72. The number of piperazine rings is 1. The van der Waals surface area contributed by atoms with Crippen molar-refractivity contribution in [3.63, 3.8) is 0 Å². The van der Waals surface area contributed by atoms with Gasteiger partial charge in [-0.05, 0) is 0 Å². The SMILES string of the molecule is O=C(O)C(O)CNC(=O)N1CCNCC1. The van der Waals surface area contributed by atoms with Gasteiger partial charge in [-0.3, -0.25) is 0 Å². The number of nitrogens with one attached hydrogen (secondary N) is 2. The van der Waals surface area contributed by atoms with Crippen LogP contribution in [0.15, 0.2) is 0 Å². The number of rotatable bonds is 3. The second-order valence-corrected chi connectivity index (χ2v) is 3.28. The van der Waals surface area contributed by atoms with Gasteiger partial charge in [0.05, 0.1) is 6.54 Å². The Morgan fingerprint density at radius 3 is 2.53 bits per heavy atom. The summed E-state index contributed by atoms with van der Waals surface area (Å²) in [7, 11) is 0. The molecule has 2 amide bonds. The van der Waals surface area contributed by atoms with Gasteiger partial charge in [-0.2, -0.15) is 0 Å². The predicted octanol–water partition coefficient (Wildman–Crippen LogP) is -1.95. The molecule has 4 N–H and O–H groups in total. The first kappa shape index (κ1) is 11.7. The fourth-order valence-corrected chi connectivity index (χ4v) is 1.25. The minimum atomic E-state index is -1.54. The fourth-order valence-electron chi connectivity index (χ4n) is 1.25. The number of urea groups is 1. The average molecular weight is 217 g/mol. The summed E-state index contributed by atoms with van der Waals surface area (Å²) in [5, 5.41) is 22.8. The van der Waals surface area contributed by atoms with Crippen LogP contribution in [-0.4, -0.2) is 65.9 Å². The van der Waals surface area contributed by atoms with E-state index in [0.29, 0.717) is 13.1 Å². The van der Waals surface area contributed by atoms with Crippen LogP contribution in [0.2, 0.25) is 0 Å². The highest BCUT2D eigenvalue weighted by atomic mass is 16.4. The molecule has 1 unspecified atom stereocenters. The number of hydrogen-bond acceptors (Lipinski definition) is 4. The lowest BCUT2D eigenvalue weighted by Crippen LogP contribution is -2.51. The molecule has 1 aliphatic heterocycles. The van der Waals surface area contributed by atoms with Gasteiger partial charge in [-0.15, -0.1) is 0 Å². The molecule has 0 spiro atoms. The van der Waals surface area contributed by atoms with Crippen LogP contribution in [0.5, 0.6) is 0 Å². The summed E-state index contributed by atoms with van der Waals surface area (Å²) in [4.78, 5) is 23.2. The van der Waals surface area contributed by atoms with Gasteiger partial charge in [-0.25, -0.2) is 9.59 Å². The molecule has 1 fully saturated rings. The van der Waals surface area contributed by atoms with E-state index < -0.39 is 12.1 Å². The summed E-state index contributed by atoms with van der Waals surface area (Å²) in [6, 6.07) is -0.336. The van der Waals surface area contributed by atoms with E-state index in [0.717, 1.165) is 13.1 Å². The molecule has 0 aromatic carbocycles. The summed E-state index contributed by atoms with van der Waals surface area (Å²) >= 11 is 0. The average Bonchev–Trinajstić information content (AvgIpc) is 2.26. The summed E-state index contributed by atoms with van der Waals surface area (Å²) in [5.41, 5.74) is 0. The number of aliphatic carboxylic acids is 1. The Morgan fingerprint density at radius 2 is 2.00 bits per heavy atom. The topological polar surface area (TPSA) is 102 Å². The van der Waals surface area contributed by atoms with Crippen molar-refractivity contribution in [1.82, 2.24) is 15.5 Å². The Hall–Kier alpha value is -1.34. The summed E-state index contributed by atoms with van der Waals surface area (Å²) in [5.74, 6) is -1.34. The Bertz CT molecular complexity index is 240. The first-order chi connectivity index (χ1) is 7.11. The lowest BCUT2D eigenvalue weighted by molar-refractivity contribution is -0.146. The van der Waals surface area contributed by atoms with Gasteiger partial charge < -0.3 is 25.7 Å². The minimum Gasteiger partial charge on any atom is -0.479 e. The van der Waals surface area contributed by atoms with Gasteiger partial charge in [0.2, 0.25) is 0 Å². The van der Waals surface area contributed by atoms with E-state index in [-0.39, 0.29) is 12.6 Å². The molecule has 0 aliphatic carbocycles. The van der Waals surface area contributed by atoms with E-state index in [1.807, 2.05) is 0 Å². The molecule has 1 atom stereocenters. The first-order valence-corrected chi connectivity index (χ1v) is 4.75. The normalized spacial score (nSPS) is 18.3. The van der Waals surface area contributed by atoms with Crippen molar-refractivity contribution in [1.29, 1.82) is 0 Å². The third-order valence-corrected chi connectivity index (χ3v) is 2.14. The van der Waals surface area contributed by atoms with Crippen LogP contribution in [-0.2, 0) is 4.79 Å². The fraction of sp³-hybridized carbons (Fsp3) is 0.750. The van der Waals surface area contributed by atoms with Gasteiger partial charge in [0.25, 0.3) is 0 Å². The molecule has 1 saturated heterocycles. The van der Waals surface area contributed by atoms with Gasteiger partial charge in [0.1, 0.15) is 0 Å². The van der Waals surface area contributed by atoms with Gasteiger partial charge in [-0.1, -0.05) is 0 Å². The zero-order valence-corrected chi connectivity index (χ0v) is 8.27. The molecule has 0 saturated carbocycles. The molecule has 86 valence electrons. The zero-order chi connectivity index (χ0) is 11.3. The number of amides is 2. The van der Waals surface area contributed by atoms with Crippen LogP contribution in [0.4, 0.5) is 4.79 Å². The molecule has 7 nitrogen and oxygen atoms in total. The molecule has 0 bridgehead atoms. The van der Waals surface area contributed by atoms with E-state index in [4.69, 9.17) is 10.2 Å². The van der Waals surface area contributed by atoms with Crippen LogP contribution in [0.1, 0.15) is 0 Å². The number of aliphatic hydroxyl groups excluding tert-OH is 1. The Balaban J connectivity index is 2.25. The highest BCUT2D eigenvalue weighted by Crippen LogP contribution is 1.92. The van der Waals surface area contributed by atoms with E-state index >= 15 is 0 Å². The largest absolute Gasteiger partial charge is 0.479 e. The second-order valence-electron chi connectivity index (χ2n) is 3.28. The monoisotopic (exact) mass is 217 g/mol. The van der Waals surface area contributed by atoms with Crippen molar-refractivity contribution in [2.75, 3.05) is 32.7 Å². The molecular weight excluding hydrogens is 202 g/mol. The van der Waals surface area contributed by atoms with E-state index in [9.17, 15) is 9.59 Å². The second kappa shape index (κ2) is 5.52. The van der Waals surface area contributed by atoms with Gasteiger partial charge >= 0.3 is 12.0 Å². The van der Waals surface area contributed by atoms with E-state index in [1.165, 1.54) is 0 Å². The molecule has 0 radical (unpaired) electrons. The number of aliphatic hydroxyl groups is 1. The van der Waals surface area contributed by atoms with Gasteiger partial charge in [0.15, 0.2) is 6.10 Å². The highest BCUT2D eigenvalue weighted by molar-refractivity contribution is 5.76. The molecule has 15 heavy (non-hydrogen) atoms. The Morgan fingerprint density at radius 1 is 1.40 bits per heavy atom. The predicted molar refractivity (Wildman–Crippen MR) is 51.5 cm³/mol. The molecule has 7 heteroatoms. The van der Waals surface area contributed by atoms with Crippen molar-refractivity contribution in [3.8, 4) is 0 Å². The number of carboxylic acid groups (broad SMARTS) is 1. The molecule has 1 heterocycles. The maximum atomic E-state index is 11.4. The van der Waals surface area contributed by atoms with Gasteiger partial charge in [0, 0.05) is 26.2 Å². The summed E-state index contributed by atoms with van der Waals surface area (Å²) in [6.07, 6.45) is -1.54. The van der Waals surface area contributed by atoms with Crippen molar-refractivity contribution in [2.24, 2.45) is 0 Å². The zero-order valence-electron chi connectivity index (χ0n) is 8.27. The molecule has 1 aliphatic rings. The van der Waals surface area contributed by atoms with Crippen molar-refractivity contribution in [2.45, 2.75) is 6.10 Å². The molecular formula is C8H15N3O4. The molecule has 1 rings (SSSR count). The summed E-state index contributed by atoms with van der Waals surface area (Å²) in [6.45, 7) is 2.38. The van der Waals surface area contributed by atoms with Crippen molar-refractivity contribution >= 4 is 12.0 Å². The highest BCUT2D eigenvalue weighted by Gasteiger charge is 2.18. The number of nitrogens with zero attached hydrogens (tertiary/aromatic N) is 1. The number of carbonyl (C=O) groups excluding carboxylic acids is 1. The lowest BCUT2D eigenvalue weighted by Gasteiger charge is -2.27. The standard InChI is InChI=1S/C8H15N3O4/c12-6(7(13)14)5-10-8(15)11-3-1-9-2-4-11/h6,9,12H,1-5H2,(H,10,15)(H,13,14). The number of carboxylic acids is 1. The first-order valence-electron chi connectivity index (χ1n) is 4.75. The molecule has 0 aromatic rings. The third-order valence-electron chi connectivity index (χ3n) is 2.14. The van der Waals surface area contributed by atoms with E-state index in [2.05, 4.69) is 10.6 Å². The van der Waals surface area contributed by atoms with Crippen molar-refractivity contribution < 1.29 is 19.8 Å². The van der Waals surface area contributed by atoms with Crippen LogP contribution < -0.4 is 10.6 Å². The lowest BCUT2D eigenvalue weighted by atomic mass is 10.3. The number of hydrogen-bond donors (Lipinski definition) is 4. The molecule has 0 aromatic heterocycles. The maximum Gasteiger partial charge on any atom is 0.334 e. The maximum absolute atomic E-state index is 11.4.